The summed E-state index contributed by atoms with van der Waals surface area (Å²) in [5, 5.41) is 3.27. The molecular weight excluding hydrogens is 578 g/mol. The average Bonchev–Trinajstić information content (AvgIpc) is 2.86. The highest BCUT2D eigenvalue weighted by molar-refractivity contribution is 9.10. The van der Waals surface area contributed by atoms with Gasteiger partial charge in [0.2, 0.25) is 11.8 Å². The Hall–Kier alpha value is -2.88. The first-order chi connectivity index (χ1) is 17.5. The molecule has 0 aliphatic heterocycles. The van der Waals surface area contributed by atoms with E-state index < -0.39 is 28.5 Å². The van der Waals surface area contributed by atoms with E-state index in [2.05, 4.69) is 21.2 Å². The van der Waals surface area contributed by atoms with Crippen LogP contribution in [0.2, 0.25) is 5.02 Å². The van der Waals surface area contributed by atoms with E-state index in [1.165, 1.54) is 17.0 Å². The second-order valence-electron chi connectivity index (χ2n) is 8.79. The number of sulfonamides is 1. The standard InChI is InChI=1S/C27H29BrClN3O4S/c1-19(2)30-27(34)20(3)31(17-21-8-7-9-22(28)16-21)26(33)18-32(24-14-12-23(29)13-15-24)37(35,36)25-10-5-4-6-11-25/h4-16,19-20H,17-18H2,1-3H3,(H,30,34). The molecule has 2 amide bonds. The molecule has 0 saturated carbocycles. The number of carbonyl (C=O) groups is 2. The lowest BCUT2D eigenvalue weighted by Crippen LogP contribution is -2.52. The number of benzene rings is 3. The first-order valence-corrected chi connectivity index (χ1v) is 14.3. The number of anilines is 1. The van der Waals surface area contributed by atoms with Crippen LogP contribution in [0.3, 0.4) is 0 Å². The van der Waals surface area contributed by atoms with Crippen molar-refractivity contribution in [1.82, 2.24) is 10.2 Å². The minimum atomic E-state index is -4.11. The van der Waals surface area contributed by atoms with E-state index in [-0.39, 0.29) is 29.1 Å². The van der Waals surface area contributed by atoms with Gasteiger partial charge in [-0.2, -0.15) is 0 Å². The molecule has 0 spiro atoms. The zero-order valence-electron chi connectivity index (χ0n) is 20.8. The summed E-state index contributed by atoms with van der Waals surface area (Å²) in [6.07, 6.45) is 0. The highest BCUT2D eigenvalue weighted by atomic mass is 79.9. The number of nitrogens with one attached hydrogen (secondary N) is 1. The number of carbonyl (C=O) groups excluding carboxylic acids is 2. The first kappa shape index (κ1) is 28.7. The molecule has 0 radical (unpaired) electrons. The molecule has 3 aromatic carbocycles. The van der Waals surface area contributed by atoms with Crippen molar-refractivity contribution in [3.63, 3.8) is 0 Å². The summed E-state index contributed by atoms with van der Waals surface area (Å²) in [6.45, 7) is 4.91. The summed E-state index contributed by atoms with van der Waals surface area (Å²) < 4.78 is 29.2. The van der Waals surface area contributed by atoms with E-state index in [1.54, 1.807) is 49.4 Å². The van der Waals surface area contributed by atoms with Crippen molar-refractivity contribution in [2.75, 3.05) is 10.8 Å². The Morgan fingerprint density at radius 3 is 2.19 bits per heavy atom. The molecule has 1 unspecified atom stereocenters. The van der Waals surface area contributed by atoms with Crippen LogP contribution in [-0.4, -0.2) is 43.8 Å². The van der Waals surface area contributed by atoms with Crippen LogP contribution in [0, 0.1) is 0 Å². The Morgan fingerprint density at radius 1 is 0.946 bits per heavy atom. The maximum absolute atomic E-state index is 13.8. The van der Waals surface area contributed by atoms with Crippen LogP contribution in [0.5, 0.6) is 0 Å². The normalized spacial score (nSPS) is 12.2. The Morgan fingerprint density at radius 2 is 1.59 bits per heavy atom. The molecule has 10 heteroatoms. The third-order valence-corrected chi connectivity index (χ3v) is 8.10. The summed E-state index contributed by atoms with van der Waals surface area (Å²) >= 11 is 9.47. The van der Waals surface area contributed by atoms with Crippen LogP contribution in [0.4, 0.5) is 5.69 Å². The highest BCUT2D eigenvalue weighted by Gasteiger charge is 2.32. The van der Waals surface area contributed by atoms with Crippen LogP contribution in [0.15, 0.2) is 88.2 Å². The van der Waals surface area contributed by atoms with Gasteiger partial charge in [-0.05, 0) is 74.9 Å². The number of halogens is 2. The monoisotopic (exact) mass is 605 g/mol. The van der Waals surface area contributed by atoms with Gasteiger partial charge in [0, 0.05) is 22.1 Å². The van der Waals surface area contributed by atoms with Crippen LogP contribution in [-0.2, 0) is 26.2 Å². The number of hydrogen-bond acceptors (Lipinski definition) is 4. The summed E-state index contributed by atoms with van der Waals surface area (Å²) in [5.41, 5.74) is 1.07. The Kier molecular flexibility index (Phi) is 9.75. The van der Waals surface area contributed by atoms with Crippen LogP contribution in [0.25, 0.3) is 0 Å². The quantitative estimate of drug-likeness (QED) is 0.342. The van der Waals surface area contributed by atoms with Crippen LogP contribution < -0.4 is 9.62 Å². The zero-order valence-corrected chi connectivity index (χ0v) is 23.9. The van der Waals surface area contributed by atoms with Gasteiger partial charge >= 0.3 is 0 Å². The predicted octanol–water partition coefficient (Wildman–Crippen LogP) is 5.24. The van der Waals surface area contributed by atoms with E-state index in [0.29, 0.717) is 5.02 Å². The van der Waals surface area contributed by atoms with Gasteiger partial charge in [0.05, 0.1) is 10.6 Å². The molecule has 0 saturated heterocycles. The van der Waals surface area contributed by atoms with Gasteiger partial charge in [-0.1, -0.05) is 57.9 Å². The second kappa shape index (κ2) is 12.6. The highest BCUT2D eigenvalue weighted by Crippen LogP contribution is 2.26. The fourth-order valence-corrected chi connectivity index (χ4v) is 5.68. The minimum absolute atomic E-state index is 0.0434. The smallest absolute Gasteiger partial charge is 0.264 e. The van der Waals surface area contributed by atoms with Gasteiger partial charge in [0.15, 0.2) is 0 Å². The minimum Gasteiger partial charge on any atom is -0.352 e. The number of nitrogens with zero attached hydrogens (tertiary/aromatic N) is 2. The van der Waals surface area contributed by atoms with Gasteiger partial charge < -0.3 is 10.2 Å². The number of hydrogen-bond donors (Lipinski definition) is 1. The summed E-state index contributed by atoms with van der Waals surface area (Å²) in [6, 6.07) is 20.5. The van der Waals surface area contributed by atoms with E-state index in [0.717, 1.165) is 14.3 Å². The van der Waals surface area contributed by atoms with Gasteiger partial charge in [-0.15, -0.1) is 0 Å². The van der Waals surface area contributed by atoms with Crippen molar-refractivity contribution >= 4 is 55.1 Å². The molecule has 1 atom stereocenters. The Labute approximate surface area is 231 Å². The second-order valence-corrected chi connectivity index (χ2v) is 12.0. The first-order valence-electron chi connectivity index (χ1n) is 11.7. The third kappa shape index (κ3) is 7.56. The van der Waals surface area contributed by atoms with E-state index in [1.807, 2.05) is 38.1 Å². The maximum Gasteiger partial charge on any atom is 0.264 e. The average molecular weight is 607 g/mol. The molecular formula is C27H29BrClN3O4S. The summed E-state index contributed by atoms with van der Waals surface area (Å²) in [5.74, 6) is -0.858. The van der Waals surface area contributed by atoms with Crippen molar-refractivity contribution in [1.29, 1.82) is 0 Å². The third-order valence-electron chi connectivity index (χ3n) is 5.56. The lowest BCUT2D eigenvalue weighted by atomic mass is 10.1. The summed E-state index contributed by atoms with van der Waals surface area (Å²) in [7, 11) is -4.11. The van der Waals surface area contributed by atoms with Gasteiger partial charge in [-0.25, -0.2) is 8.42 Å². The molecule has 0 aromatic heterocycles. The SMILES string of the molecule is CC(C)NC(=O)C(C)N(Cc1cccc(Br)c1)C(=O)CN(c1ccc(Cl)cc1)S(=O)(=O)c1ccccc1. The fraction of sp³-hybridized carbons (Fsp3) is 0.259. The lowest BCUT2D eigenvalue weighted by Gasteiger charge is -2.32. The molecule has 0 bridgehead atoms. The molecule has 7 nitrogen and oxygen atoms in total. The molecule has 0 aliphatic carbocycles. The number of rotatable bonds is 10. The molecule has 37 heavy (non-hydrogen) atoms. The van der Waals surface area contributed by atoms with Crippen molar-refractivity contribution in [3.05, 3.63) is 93.9 Å². The number of amides is 2. The van der Waals surface area contributed by atoms with E-state index in [4.69, 9.17) is 11.6 Å². The van der Waals surface area contributed by atoms with E-state index >= 15 is 0 Å². The summed E-state index contributed by atoms with van der Waals surface area (Å²) in [4.78, 5) is 28.1. The molecule has 1 N–H and O–H groups in total. The largest absolute Gasteiger partial charge is 0.352 e. The van der Waals surface area contributed by atoms with Gasteiger partial charge in [-0.3, -0.25) is 13.9 Å². The maximum atomic E-state index is 13.8. The van der Waals surface area contributed by atoms with Crippen molar-refractivity contribution in [2.24, 2.45) is 0 Å². The molecule has 0 aliphatic rings. The molecule has 3 aromatic rings. The van der Waals surface area contributed by atoms with Crippen molar-refractivity contribution in [3.8, 4) is 0 Å². The molecule has 3 rings (SSSR count). The topological polar surface area (TPSA) is 86.8 Å². The van der Waals surface area contributed by atoms with E-state index in [9.17, 15) is 18.0 Å². The van der Waals surface area contributed by atoms with Gasteiger partial charge in [0.1, 0.15) is 12.6 Å². The Bertz CT molecular complexity index is 1340. The molecule has 0 fully saturated rings. The fourth-order valence-electron chi connectivity index (χ4n) is 3.68. The molecule has 196 valence electrons. The molecule has 0 heterocycles. The van der Waals surface area contributed by atoms with Crippen LogP contribution in [0.1, 0.15) is 26.3 Å². The van der Waals surface area contributed by atoms with Crippen LogP contribution >= 0.6 is 27.5 Å². The Balaban J connectivity index is 2.01. The van der Waals surface area contributed by atoms with Crippen molar-refractivity contribution in [2.45, 2.75) is 44.3 Å². The van der Waals surface area contributed by atoms with Gasteiger partial charge in [0.25, 0.3) is 10.0 Å². The predicted molar refractivity (Wildman–Crippen MR) is 150 cm³/mol. The lowest BCUT2D eigenvalue weighted by molar-refractivity contribution is -0.139. The van der Waals surface area contributed by atoms with Crippen molar-refractivity contribution < 1.29 is 18.0 Å². The zero-order chi connectivity index (χ0) is 27.2.